The quantitative estimate of drug-likeness (QED) is 0.283. The van der Waals surface area contributed by atoms with Crippen molar-refractivity contribution in [3.63, 3.8) is 0 Å². The molecule has 1 rings (SSSR count). The highest BCUT2D eigenvalue weighted by atomic mass is 35.5. The number of carbonyl (C=O) groups excluding carboxylic acids is 1. The van der Waals surface area contributed by atoms with Crippen LogP contribution in [0.25, 0.3) is 0 Å². The van der Waals surface area contributed by atoms with Crippen LogP contribution in [0.15, 0.2) is 23.3 Å². The standard InChI is InChI=1S/C17H23ClF3N3O4/c1-4-28-16(25)15(24(7-9-26-2)8-10-27-3)23-22-14-11-12(17(19,20)21)5-6-13(14)18/h5-6,11,22H,4,7-10H2,1-3H3/b23-15+. The summed E-state index contributed by atoms with van der Waals surface area (Å²) in [6.45, 7) is 2.87. The van der Waals surface area contributed by atoms with E-state index in [1.807, 2.05) is 0 Å². The van der Waals surface area contributed by atoms with Gasteiger partial charge in [0.05, 0.1) is 36.1 Å². The van der Waals surface area contributed by atoms with E-state index in [0.29, 0.717) is 0 Å². The summed E-state index contributed by atoms with van der Waals surface area (Å²) in [4.78, 5) is 13.9. The number of nitrogens with one attached hydrogen (secondary N) is 1. The molecule has 0 amide bonds. The van der Waals surface area contributed by atoms with Crippen LogP contribution >= 0.6 is 11.6 Å². The lowest BCUT2D eigenvalue weighted by Crippen LogP contribution is -2.42. The van der Waals surface area contributed by atoms with Crippen LogP contribution in [0.2, 0.25) is 5.02 Å². The lowest BCUT2D eigenvalue weighted by atomic mass is 10.2. The van der Waals surface area contributed by atoms with E-state index in [1.165, 1.54) is 14.2 Å². The smallest absolute Gasteiger partial charge is 0.416 e. The van der Waals surface area contributed by atoms with E-state index in [9.17, 15) is 18.0 Å². The van der Waals surface area contributed by atoms with Gasteiger partial charge in [-0.1, -0.05) is 11.6 Å². The van der Waals surface area contributed by atoms with Crippen molar-refractivity contribution in [1.82, 2.24) is 4.90 Å². The van der Waals surface area contributed by atoms with Gasteiger partial charge in [0.25, 0.3) is 0 Å². The molecule has 0 aliphatic carbocycles. The number of esters is 1. The third kappa shape index (κ3) is 7.53. The van der Waals surface area contributed by atoms with Crippen LogP contribution < -0.4 is 5.43 Å². The first-order valence-corrected chi connectivity index (χ1v) is 8.72. The number of nitrogens with zero attached hydrogens (tertiary/aromatic N) is 2. The molecule has 0 bridgehead atoms. The number of hydrazone groups is 1. The van der Waals surface area contributed by atoms with Gasteiger partial charge in [-0.05, 0) is 25.1 Å². The van der Waals surface area contributed by atoms with Gasteiger partial charge in [0.2, 0.25) is 5.84 Å². The fourth-order valence-electron chi connectivity index (χ4n) is 2.07. The molecule has 0 fully saturated rings. The SMILES string of the molecule is CCOC(=O)/C(=N\Nc1cc(C(F)(F)F)ccc1Cl)N(CCOC)CCOC. The third-order valence-corrected chi connectivity index (χ3v) is 3.79. The monoisotopic (exact) mass is 425 g/mol. The molecule has 0 aliphatic rings. The Morgan fingerprint density at radius 3 is 2.32 bits per heavy atom. The van der Waals surface area contributed by atoms with Crippen molar-refractivity contribution in [3.05, 3.63) is 28.8 Å². The minimum Gasteiger partial charge on any atom is -0.460 e. The van der Waals surface area contributed by atoms with Crippen LogP contribution in [0.3, 0.4) is 0 Å². The summed E-state index contributed by atoms with van der Waals surface area (Å²) in [7, 11) is 2.99. The number of carbonyl (C=O) groups is 1. The topological polar surface area (TPSA) is 72.4 Å². The molecule has 0 unspecified atom stereocenters. The molecule has 0 aromatic heterocycles. The molecule has 0 atom stereocenters. The highest BCUT2D eigenvalue weighted by Crippen LogP contribution is 2.33. The molecule has 0 radical (unpaired) electrons. The number of hydrogen-bond donors (Lipinski definition) is 1. The van der Waals surface area contributed by atoms with Crippen molar-refractivity contribution in [2.24, 2.45) is 5.10 Å². The van der Waals surface area contributed by atoms with Crippen molar-refractivity contribution in [2.75, 3.05) is 52.6 Å². The maximum absolute atomic E-state index is 12.9. The first-order chi connectivity index (χ1) is 13.2. The minimum absolute atomic E-state index is 0.0142. The molecule has 0 aliphatic heterocycles. The van der Waals surface area contributed by atoms with E-state index in [-0.39, 0.29) is 49.5 Å². The number of amidine groups is 1. The Morgan fingerprint density at radius 1 is 1.21 bits per heavy atom. The van der Waals surface area contributed by atoms with Crippen molar-refractivity contribution < 1.29 is 32.2 Å². The zero-order valence-corrected chi connectivity index (χ0v) is 16.6. The molecule has 1 aromatic carbocycles. The molecule has 7 nitrogen and oxygen atoms in total. The van der Waals surface area contributed by atoms with E-state index >= 15 is 0 Å². The highest BCUT2D eigenvalue weighted by Gasteiger charge is 2.31. The first-order valence-electron chi connectivity index (χ1n) is 8.35. The second kappa shape index (κ2) is 11.7. The Balaban J connectivity index is 3.19. The van der Waals surface area contributed by atoms with Crippen LogP contribution in [0.1, 0.15) is 12.5 Å². The lowest BCUT2D eigenvalue weighted by molar-refractivity contribution is -0.138. The predicted octanol–water partition coefficient (Wildman–Crippen LogP) is 3.24. The fraction of sp³-hybridized carbons (Fsp3) is 0.529. The second-order valence-electron chi connectivity index (χ2n) is 5.43. The molecule has 0 spiro atoms. The van der Waals surface area contributed by atoms with Gasteiger partial charge in [-0.3, -0.25) is 5.43 Å². The Morgan fingerprint density at radius 2 is 1.82 bits per heavy atom. The Labute approximate surface area is 166 Å². The Hall–Kier alpha value is -2.04. The number of ether oxygens (including phenoxy) is 3. The second-order valence-corrected chi connectivity index (χ2v) is 5.84. The van der Waals surface area contributed by atoms with Crippen LogP contribution in [-0.2, 0) is 25.2 Å². The number of alkyl halides is 3. The third-order valence-electron chi connectivity index (χ3n) is 3.46. The van der Waals surface area contributed by atoms with E-state index < -0.39 is 17.7 Å². The van der Waals surface area contributed by atoms with Crippen LogP contribution in [0.5, 0.6) is 0 Å². The maximum Gasteiger partial charge on any atom is 0.416 e. The van der Waals surface area contributed by atoms with Gasteiger partial charge in [-0.15, -0.1) is 5.10 Å². The van der Waals surface area contributed by atoms with Crippen molar-refractivity contribution in [1.29, 1.82) is 0 Å². The Bertz CT molecular complexity index is 664. The molecule has 1 aromatic rings. The van der Waals surface area contributed by atoms with Crippen molar-refractivity contribution in [3.8, 4) is 0 Å². The van der Waals surface area contributed by atoms with Gasteiger partial charge in [0, 0.05) is 27.3 Å². The zero-order valence-electron chi connectivity index (χ0n) is 15.8. The molecule has 1 N–H and O–H groups in total. The number of hydrogen-bond acceptors (Lipinski definition) is 6. The van der Waals surface area contributed by atoms with Crippen molar-refractivity contribution in [2.45, 2.75) is 13.1 Å². The predicted molar refractivity (Wildman–Crippen MR) is 99.5 cm³/mol. The van der Waals surface area contributed by atoms with Gasteiger partial charge >= 0.3 is 12.1 Å². The summed E-state index contributed by atoms with van der Waals surface area (Å²) in [5.41, 5.74) is 1.43. The summed E-state index contributed by atoms with van der Waals surface area (Å²) >= 11 is 5.95. The summed E-state index contributed by atoms with van der Waals surface area (Å²) in [5.74, 6) is -0.880. The molecule has 28 heavy (non-hydrogen) atoms. The number of rotatable bonds is 9. The summed E-state index contributed by atoms with van der Waals surface area (Å²) in [6.07, 6.45) is -4.54. The normalized spacial score (nSPS) is 12.0. The highest BCUT2D eigenvalue weighted by molar-refractivity contribution is 6.35. The van der Waals surface area contributed by atoms with Gasteiger partial charge in [-0.25, -0.2) is 4.79 Å². The Kier molecular flexibility index (Phi) is 10.0. The van der Waals surface area contributed by atoms with Crippen LogP contribution in [0.4, 0.5) is 18.9 Å². The number of benzene rings is 1. The van der Waals surface area contributed by atoms with E-state index in [0.717, 1.165) is 18.2 Å². The first kappa shape index (κ1) is 24.0. The minimum atomic E-state index is -4.54. The van der Waals surface area contributed by atoms with E-state index in [2.05, 4.69) is 10.5 Å². The molecule has 0 saturated heterocycles. The molecular weight excluding hydrogens is 403 g/mol. The number of anilines is 1. The van der Waals surface area contributed by atoms with Gasteiger partial charge < -0.3 is 19.1 Å². The average Bonchev–Trinajstić information content (AvgIpc) is 2.63. The number of methoxy groups -OCH3 is 2. The zero-order chi connectivity index (χ0) is 21.2. The summed E-state index contributed by atoms with van der Waals surface area (Å²) in [6, 6.07) is 2.76. The average molecular weight is 426 g/mol. The van der Waals surface area contributed by atoms with E-state index in [1.54, 1.807) is 11.8 Å². The maximum atomic E-state index is 12.9. The van der Waals surface area contributed by atoms with Crippen LogP contribution in [-0.4, -0.2) is 63.8 Å². The summed E-state index contributed by atoms with van der Waals surface area (Å²) < 4.78 is 53.8. The summed E-state index contributed by atoms with van der Waals surface area (Å²) in [5, 5.41) is 3.97. The van der Waals surface area contributed by atoms with E-state index in [4.69, 9.17) is 25.8 Å². The molecular formula is C17H23ClF3N3O4. The lowest BCUT2D eigenvalue weighted by Gasteiger charge is -2.24. The fourth-order valence-corrected chi connectivity index (χ4v) is 2.23. The van der Waals surface area contributed by atoms with Gasteiger partial charge in [0.15, 0.2) is 0 Å². The van der Waals surface area contributed by atoms with Gasteiger partial charge in [0.1, 0.15) is 0 Å². The molecule has 0 saturated carbocycles. The van der Waals surface area contributed by atoms with Crippen molar-refractivity contribution >= 4 is 29.1 Å². The van der Waals surface area contributed by atoms with Crippen LogP contribution in [0, 0.1) is 0 Å². The molecule has 158 valence electrons. The molecule has 0 heterocycles. The van der Waals surface area contributed by atoms with Gasteiger partial charge in [-0.2, -0.15) is 13.2 Å². The number of halogens is 4. The largest absolute Gasteiger partial charge is 0.460 e. The molecule has 11 heteroatoms.